The largest absolute Gasteiger partial charge is 0.335 e. The van der Waals surface area contributed by atoms with Gasteiger partial charge in [0.05, 0.1) is 11.4 Å². The van der Waals surface area contributed by atoms with Crippen LogP contribution < -0.4 is 10.7 Å². The van der Waals surface area contributed by atoms with E-state index in [4.69, 9.17) is 5.84 Å². The summed E-state index contributed by atoms with van der Waals surface area (Å²) in [4.78, 5) is 20.1. The Kier molecular flexibility index (Phi) is 5.54. The summed E-state index contributed by atoms with van der Waals surface area (Å²) in [5, 5.41) is 9.24. The number of para-hydroxylation sites is 1. The lowest BCUT2D eigenvalue weighted by atomic mass is 10.2. The molecule has 9 heteroatoms. The van der Waals surface area contributed by atoms with Crippen LogP contribution in [0.25, 0.3) is 11.4 Å². The van der Waals surface area contributed by atoms with Crippen molar-refractivity contribution in [2.75, 3.05) is 23.0 Å². The number of pyridine rings is 1. The molecule has 144 valence electrons. The summed E-state index contributed by atoms with van der Waals surface area (Å²) in [7, 11) is 0. The smallest absolute Gasteiger partial charge is 0.237 e. The molecule has 0 unspecified atom stereocenters. The Morgan fingerprint density at radius 1 is 1.29 bits per heavy atom. The Bertz CT molecular complexity index is 978. The number of anilines is 1. The highest BCUT2D eigenvalue weighted by Crippen LogP contribution is 2.37. The van der Waals surface area contributed by atoms with Crippen LogP contribution in [0.4, 0.5) is 5.69 Å². The zero-order chi connectivity index (χ0) is 19.5. The molecule has 0 spiro atoms. The molecule has 4 rings (SSSR count). The van der Waals surface area contributed by atoms with Crippen molar-refractivity contribution in [3.05, 3.63) is 48.8 Å². The van der Waals surface area contributed by atoms with Crippen LogP contribution >= 0.6 is 23.5 Å². The van der Waals surface area contributed by atoms with E-state index in [1.54, 1.807) is 12.4 Å². The van der Waals surface area contributed by atoms with Crippen molar-refractivity contribution in [3.8, 4) is 11.4 Å². The second-order valence-corrected chi connectivity index (χ2v) is 8.86. The van der Waals surface area contributed by atoms with E-state index in [0.717, 1.165) is 22.6 Å². The molecule has 1 aliphatic heterocycles. The Labute approximate surface area is 171 Å². The molecule has 1 aromatic carbocycles. The molecule has 7 nitrogen and oxygen atoms in total. The number of hydrogen-bond donors (Lipinski definition) is 1. The van der Waals surface area contributed by atoms with Gasteiger partial charge in [-0.25, -0.2) is 4.68 Å². The standard InChI is InChI=1S/C19H20N6OS2/c1-13-8-10-24(15-6-2-3-7-16(15)28-13)17(26)12-27-19-23-22-18(25(19)20)14-5-4-9-21-11-14/h2-7,9,11,13H,8,10,12,20H2,1H3/t13-/m0/s1. The van der Waals surface area contributed by atoms with Crippen molar-refractivity contribution in [1.82, 2.24) is 19.9 Å². The Morgan fingerprint density at radius 3 is 2.96 bits per heavy atom. The first-order valence-corrected chi connectivity index (χ1v) is 10.8. The van der Waals surface area contributed by atoms with Gasteiger partial charge in [-0.2, -0.15) is 0 Å². The lowest BCUT2D eigenvalue weighted by molar-refractivity contribution is -0.116. The number of nitrogens with zero attached hydrogens (tertiary/aromatic N) is 5. The summed E-state index contributed by atoms with van der Waals surface area (Å²) in [5.74, 6) is 6.94. The van der Waals surface area contributed by atoms with Crippen molar-refractivity contribution in [3.63, 3.8) is 0 Å². The van der Waals surface area contributed by atoms with Crippen LogP contribution in [0.2, 0.25) is 0 Å². The van der Waals surface area contributed by atoms with Gasteiger partial charge in [0.15, 0.2) is 5.82 Å². The summed E-state index contributed by atoms with van der Waals surface area (Å²) in [6.07, 6.45) is 4.32. The molecule has 3 heterocycles. The van der Waals surface area contributed by atoms with Crippen molar-refractivity contribution < 1.29 is 4.79 Å². The third-order valence-electron chi connectivity index (χ3n) is 4.45. The minimum Gasteiger partial charge on any atom is -0.335 e. The predicted molar refractivity (Wildman–Crippen MR) is 113 cm³/mol. The van der Waals surface area contributed by atoms with E-state index in [9.17, 15) is 4.79 Å². The number of amides is 1. The summed E-state index contributed by atoms with van der Waals surface area (Å²) >= 11 is 3.11. The molecular formula is C19H20N6OS2. The van der Waals surface area contributed by atoms with Gasteiger partial charge in [-0.1, -0.05) is 30.8 Å². The second kappa shape index (κ2) is 8.24. The average Bonchev–Trinajstić information content (AvgIpc) is 2.99. The maximum Gasteiger partial charge on any atom is 0.237 e. The number of carbonyl (C=O) groups is 1. The molecule has 1 aliphatic rings. The van der Waals surface area contributed by atoms with Gasteiger partial charge >= 0.3 is 0 Å². The monoisotopic (exact) mass is 412 g/mol. The lowest BCUT2D eigenvalue weighted by Gasteiger charge is -2.22. The summed E-state index contributed by atoms with van der Waals surface area (Å²) in [6, 6.07) is 11.8. The van der Waals surface area contributed by atoms with E-state index in [0.29, 0.717) is 22.8 Å². The van der Waals surface area contributed by atoms with E-state index in [-0.39, 0.29) is 11.7 Å². The van der Waals surface area contributed by atoms with E-state index in [2.05, 4.69) is 28.2 Å². The number of rotatable bonds is 4. The van der Waals surface area contributed by atoms with Crippen LogP contribution in [0, 0.1) is 0 Å². The molecule has 2 N–H and O–H groups in total. The van der Waals surface area contributed by atoms with Crippen LogP contribution in [0.3, 0.4) is 0 Å². The fraction of sp³-hybridized carbons (Fsp3) is 0.263. The van der Waals surface area contributed by atoms with Gasteiger partial charge in [0.25, 0.3) is 0 Å². The van der Waals surface area contributed by atoms with Crippen LogP contribution in [0.15, 0.2) is 58.8 Å². The summed E-state index contributed by atoms with van der Waals surface area (Å²) in [6.45, 7) is 2.90. The first-order chi connectivity index (χ1) is 13.6. The predicted octanol–water partition coefficient (Wildman–Crippen LogP) is 3.06. The number of fused-ring (bicyclic) bond motifs is 1. The molecule has 0 radical (unpaired) electrons. The minimum absolute atomic E-state index is 0.0399. The number of aromatic nitrogens is 4. The molecule has 0 bridgehead atoms. The lowest BCUT2D eigenvalue weighted by Crippen LogP contribution is -2.33. The molecule has 0 saturated carbocycles. The first kappa shape index (κ1) is 18.8. The maximum atomic E-state index is 13.0. The van der Waals surface area contributed by atoms with Gasteiger partial charge < -0.3 is 10.7 Å². The number of nitrogens with two attached hydrogens (primary N) is 1. The van der Waals surface area contributed by atoms with Gasteiger partial charge in [-0.15, -0.1) is 22.0 Å². The number of hydrogen-bond acceptors (Lipinski definition) is 7. The van der Waals surface area contributed by atoms with Crippen molar-refractivity contribution in [2.45, 2.75) is 28.6 Å². The molecular weight excluding hydrogens is 392 g/mol. The number of nitrogen functional groups attached to an aromatic ring is 1. The quantitative estimate of drug-likeness (QED) is 0.520. The van der Waals surface area contributed by atoms with Gasteiger partial charge in [0.1, 0.15) is 0 Å². The first-order valence-electron chi connectivity index (χ1n) is 8.93. The Hall–Kier alpha value is -2.52. The molecule has 0 aliphatic carbocycles. The SMILES string of the molecule is C[C@H]1CCN(C(=O)CSc2nnc(-c3cccnc3)n2N)c2ccccc2S1. The topological polar surface area (TPSA) is 89.9 Å². The Morgan fingerprint density at radius 2 is 2.14 bits per heavy atom. The van der Waals surface area contributed by atoms with Crippen molar-refractivity contribution in [1.29, 1.82) is 0 Å². The molecule has 1 atom stereocenters. The fourth-order valence-electron chi connectivity index (χ4n) is 3.02. The molecule has 0 saturated heterocycles. The zero-order valence-corrected chi connectivity index (χ0v) is 17.0. The molecule has 3 aromatic rings. The van der Waals surface area contributed by atoms with Gasteiger partial charge in [-0.3, -0.25) is 9.78 Å². The summed E-state index contributed by atoms with van der Waals surface area (Å²) < 4.78 is 1.41. The van der Waals surface area contributed by atoms with Crippen LogP contribution in [0.5, 0.6) is 0 Å². The zero-order valence-electron chi connectivity index (χ0n) is 15.4. The van der Waals surface area contributed by atoms with Gasteiger partial charge in [0.2, 0.25) is 11.1 Å². The third-order valence-corrected chi connectivity index (χ3v) is 6.62. The highest BCUT2D eigenvalue weighted by Gasteiger charge is 2.24. The van der Waals surface area contributed by atoms with E-state index in [1.165, 1.54) is 16.4 Å². The summed E-state index contributed by atoms with van der Waals surface area (Å²) in [5.41, 5.74) is 1.76. The third kappa shape index (κ3) is 3.85. The fourth-order valence-corrected chi connectivity index (χ4v) is 4.86. The molecule has 2 aromatic heterocycles. The Balaban J connectivity index is 1.49. The highest BCUT2D eigenvalue weighted by molar-refractivity contribution is 8.00. The number of benzene rings is 1. The normalized spacial score (nSPS) is 16.5. The number of carbonyl (C=O) groups excluding carboxylic acids is 1. The van der Waals surface area contributed by atoms with Gasteiger partial charge in [-0.05, 0) is 30.7 Å². The average molecular weight is 413 g/mol. The minimum atomic E-state index is 0.0399. The second-order valence-electron chi connectivity index (χ2n) is 6.44. The molecule has 1 amide bonds. The highest BCUT2D eigenvalue weighted by atomic mass is 32.2. The van der Waals surface area contributed by atoms with Gasteiger partial charge in [0, 0.05) is 34.6 Å². The van der Waals surface area contributed by atoms with E-state index >= 15 is 0 Å². The molecule has 0 fully saturated rings. The maximum absolute atomic E-state index is 13.0. The van der Waals surface area contributed by atoms with Crippen molar-refractivity contribution in [2.24, 2.45) is 0 Å². The van der Waals surface area contributed by atoms with E-state index < -0.39 is 0 Å². The van der Waals surface area contributed by atoms with Crippen LogP contribution in [-0.2, 0) is 4.79 Å². The molecule has 28 heavy (non-hydrogen) atoms. The van der Waals surface area contributed by atoms with Crippen molar-refractivity contribution >= 4 is 35.1 Å². The number of thioether (sulfide) groups is 2. The van der Waals surface area contributed by atoms with Crippen LogP contribution in [0.1, 0.15) is 13.3 Å². The van der Waals surface area contributed by atoms with Crippen LogP contribution in [-0.4, -0.2) is 43.3 Å². The van der Waals surface area contributed by atoms with E-state index in [1.807, 2.05) is 47.0 Å².